The second kappa shape index (κ2) is 10.2. The molecule has 0 aliphatic carbocycles. The Morgan fingerprint density at radius 2 is 1.87 bits per heavy atom. The Labute approximate surface area is 180 Å². The minimum atomic E-state index is -4.14. The van der Waals surface area contributed by atoms with E-state index in [4.69, 9.17) is 17.0 Å². The molecule has 0 amide bonds. The third kappa shape index (κ3) is 6.27. The lowest BCUT2D eigenvalue weighted by atomic mass is 10.1. The number of thiocarbonyl (C=S) groups is 1. The predicted octanol–water partition coefficient (Wildman–Crippen LogP) is 2.45. The molecule has 0 aliphatic rings. The summed E-state index contributed by atoms with van der Waals surface area (Å²) in [5.41, 5.74) is 7.15. The number of non-ortho nitro benzene ring substituents is 1. The van der Waals surface area contributed by atoms with E-state index in [1.54, 1.807) is 26.2 Å². The van der Waals surface area contributed by atoms with Crippen molar-refractivity contribution in [1.82, 2.24) is 10.7 Å². The number of hydrogen-bond acceptors (Lipinski definition) is 7. The molecule has 2 aromatic rings. The summed E-state index contributed by atoms with van der Waals surface area (Å²) in [5.74, 6) is 0. The van der Waals surface area contributed by atoms with Gasteiger partial charge in [0.1, 0.15) is 4.90 Å². The molecule has 0 radical (unpaired) electrons. The maximum Gasteiger partial charge on any atom is 0.270 e. The molecule has 0 atom stereocenters. The molecule has 0 bridgehead atoms. The molecule has 10 nitrogen and oxygen atoms in total. The van der Waals surface area contributed by atoms with Crippen molar-refractivity contribution in [1.29, 1.82) is 0 Å². The summed E-state index contributed by atoms with van der Waals surface area (Å²) < 4.78 is 33.4. The highest BCUT2D eigenvalue weighted by Gasteiger charge is 2.23. The third-order valence-corrected chi connectivity index (χ3v) is 5.65. The van der Waals surface area contributed by atoms with Gasteiger partial charge in [-0.3, -0.25) is 25.7 Å². The van der Waals surface area contributed by atoms with E-state index in [1.807, 2.05) is 13.0 Å². The van der Waals surface area contributed by atoms with Crippen LogP contribution in [0.2, 0.25) is 0 Å². The van der Waals surface area contributed by atoms with E-state index in [2.05, 4.69) is 20.9 Å². The molecule has 0 spiro atoms. The van der Waals surface area contributed by atoms with Crippen molar-refractivity contribution in [3.8, 4) is 0 Å². The van der Waals surface area contributed by atoms with Crippen LogP contribution in [-0.4, -0.2) is 38.7 Å². The second-order valence-electron chi connectivity index (χ2n) is 6.36. The lowest BCUT2D eigenvalue weighted by Crippen LogP contribution is -2.40. The predicted molar refractivity (Wildman–Crippen MR) is 119 cm³/mol. The molecule has 12 heteroatoms. The second-order valence-corrected chi connectivity index (χ2v) is 8.42. The SMILES string of the molecule is COCCNC(=S)NNc1ccc([N+](=O)[O-])cc1S(=O)(=O)Nc1ccc(C)cc1C. The summed E-state index contributed by atoms with van der Waals surface area (Å²) in [6, 6.07) is 8.71. The molecule has 30 heavy (non-hydrogen) atoms. The number of benzene rings is 2. The molecular weight excluding hydrogens is 430 g/mol. The van der Waals surface area contributed by atoms with Gasteiger partial charge >= 0.3 is 0 Å². The first-order valence-electron chi connectivity index (χ1n) is 8.81. The Kier molecular flexibility index (Phi) is 7.92. The van der Waals surface area contributed by atoms with Crippen LogP contribution in [0, 0.1) is 24.0 Å². The largest absolute Gasteiger partial charge is 0.383 e. The maximum atomic E-state index is 13.0. The van der Waals surface area contributed by atoms with Crippen molar-refractivity contribution in [2.75, 3.05) is 30.4 Å². The maximum absolute atomic E-state index is 13.0. The van der Waals surface area contributed by atoms with Crippen molar-refractivity contribution in [2.45, 2.75) is 18.7 Å². The quantitative estimate of drug-likeness (QED) is 0.195. The number of anilines is 2. The van der Waals surface area contributed by atoms with Gasteiger partial charge in [0.25, 0.3) is 15.7 Å². The highest BCUT2D eigenvalue weighted by molar-refractivity contribution is 7.93. The first-order valence-corrected chi connectivity index (χ1v) is 10.7. The topological polar surface area (TPSA) is 135 Å². The first kappa shape index (κ1) is 23.3. The van der Waals surface area contributed by atoms with Gasteiger partial charge in [0.05, 0.1) is 22.9 Å². The fourth-order valence-electron chi connectivity index (χ4n) is 2.51. The van der Waals surface area contributed by atoms with Gasteiger partial charge in [0, 0.05) is 25.8 Å². The van der Waals surface area contributed by atoms with Crippen LogP contribution in [-0.2, 0) is 14.8 Å². The number of nitro groups is 1. The Morgan fingerprint density at radius 1 is 1.17 bits per heavy atom. The van der Waals surface area contributed by atoms with Gasteiger partial charge in [-0.1, -0.05) is 17.7 Å². The minimum Gasteiger partial charge on any atom is -0.383 e. The molecule has 2 aromatic carbocycles. The minimum absolute atomic E-state index is 0.0914. The Hall–Kier alpha value is -2.96. The summed E-state index contributed by atoms with van der Waals surface area (Å²) >= 11 is 5.09. The molecular formula is C18H23N5O5S2. The third-order valence-electron chi connectivity index (χ3n) is 3.99. The average molecular weight is 454 g/mol. The number of nitro benzene ring substituents is 1. The number of nitrogens with zero attached hydrogens (tertiary/aromatic N) is 1. The number of sulfonamides is 1. The lowest BCUT2D eigenvalue weighted by molar-refractivity contribution is -0.385. The van der Waals surface area contributed by atoms with Gasteiger partial charge < -0.3 is 10.1 Å². The number of methoxy groups -OCH3 is 1. The van der Waals surface area contributed by atoms with Crippen molar-refractivity contribution >= 4 is 44.4 Å². The van der Waals surface area contributed by atoms with Gasteiger partial charge in [-0.2, -0.15) is 0 Å². The van der Waals surface area contributed by atoms with Crippen molar-refractivity contribution in [2.24, 2.45) is 0 Å². The summed E-state index contributed by atoms with van der Waals surface area (Å²) in [6.45, 7) is 4.54. The molecule has 0 fully saturated rings. The van der Waals surface area contributed by atoms with Gasteiger partial charge in [-0.05, 0) is 43.8 Å². The zero-order valence-corrected chi connectivity index (χ0v) is 18.3. The molecule has 0 saturated carbocycles. The van der Waals surface area contributed by atoms with Gasteiger partial charge in [-0.15, -0.1) is 0 Å². The van der Waals surface area contributed by atoms with Crippen LogP contribution in [0.1, 0.15) is 11.1 Å². The zero-order chi connectivity index (χ0) is 22.3. The molecule has 162 valence electrons. The zero-order valence-electron chi connectivity index (χ0n) is 16.7. The van der Waals surface area contributed by atoms with Crippen LogP contribution >= 0.6 is 12.2 Å². The fraction of sp³-hybridized carbons (Fsp3) is 0.278. The van der Waals surface area contributed by atoms with Crippen molar-refractivity contribution in [3.63, 3.8) is 0 Å². The van der Waals surface area contributed by atoms with E-state index in [0.29, 0.717) is 18.8 Å². The summed E-state index contributed by atoms with van der Waals surface area (Å²) in [4.78, 5) is 10.2. The van der Waals surface area contributed by atoms with E-state index >= 15 is 0 Å². The molecule has 2 rings (SSSR count). The van der Waals surface area contributed by atoms with Gasteiger partial charge in [-0.25, -0.2) is 8.42 Å². The molecule has 0 unspecified atom stereocenters. The molecule has 0 saturated heterocycles. The standard InChI is InChI=1S/C18H23N5O5S2/c1-12-4-6-15(13(2)10-12)22-30(26,27)17-11-14(23(24)25)5-7-16(17)20-21-18(29)19-8-9-28-3/h4-7,10-11,20,22H,8-9H2,1-3H3,(H2,19,21,29). The van der Waals surface area contributed by atoms with Gasteiger partial charge in [0.15, 0.2) is 5.11 Å². The number of nitrogens with one attached hydrogen (secondary N) is 4. The average Bonchev–Trinajstić information content (AvgIpc) is 2.68. The van der Waals surface area contributed by atoms with E-state index in [0.717, 1.165) is 17.2 Å². The van der Waals surface area contributed by atoms with Crippen LogP contribution in [0.5, 0.6) is 0 Å². The molecule has 0 aliphatic heterocycles. The fourth-order valence-corrected chi connectivity index (χ4v) is 3.98. The van der Waals surface area contributed by atoms with E-state index in [1.165, 1.54) is 12.1 Å². The van der Waals surface area contributed by atoms with E-state index in [9.17, 15) is 18.5 Å². The highest BCUT2D eigenvalue weighted by Crippen LogP contribution is 2.29. The number of ether oxygens (including phenoxy) is 1. The van der Waals surface area contributed by atoms with Crippen LogP contribution in [0.25, 0.3) is 0 Å². The van der Waals surface area contributed by atoms with E-state index in [-0.39, 0.29) is 21.4 Å². The smallest absolute Gasteiger partial charge is 0.270 e. The normalized spacial score (nSPS) is 10.9. The number of rotatable bonds is 9. The van der Waals surface area contributed by atoms with Crippen LogP contribution in [0.4, 0.5) is 17.1 Å². The summed E-state index contributed by atoms with van der Waals surface area (Å²) in [6.07, 6.45) is 0. The molecule has 0 heterocycles. The monoisotopic (exact) mass is 453 g/mol. The number of hydrogen-bond donors (Lipinski definition) is 4. The highest BCUT2D eigenvalue weighted by atomic mass is 32.2. The van der Waals surface area contributed by atoms with Crippen LogP contribution < -0.4 is 20.9 Å². The molecule has 4 N–H and O–H groups in total. The lowest BCUT2D eigenvalue weighted by Gasteiger charge is -2.17. The van der Waals surface area contributed by atoms with Crippen molar-refractivity contribution < 1.29 is 18.1 Å². The van der Waals surface area contributed by atoms with Crippen molar-refractivity contribution in [3.05, 3.63) is 57.6 Å². The summed E-state index contributed by atoms with van der Waals surface area (Å²) in [7, 11) is -2.60. The molecule has 0 aromatic heterocycles. The Balaban J connectivity index is 2.31. The van der Waals surface area contributed by atoms with Crippen LogP contribution in [0.15, 0.2) is 41.3 Å². The summed E-state index contributed by atoms with van der Waals surface area (Å²) in [5, 5.41) is 14.2. The Bertz CT molecular complexity index is 1040. The van der Waals surface area contributed by atoms with Gasteiger partial charge in [0.2, 0.25) is 0 Å². The Morgan fingerprint density at radius 3 is 2.50 bits per heavy atom. The van der Waals surface area contributed by atoms with Crippen LogP contribution in [0.3, 0.4) is 0 Å². The van der Waals surface area contributed by atoms with E-state index < -0.39 is 14.9 Å². The first-order chi connectivity index (χ1) is 14.1. The number of hydrazine groups is 1. The number of aryl methyl sites for hydroxylation is 2.